The highest BCUT2D eigenvalue weighted by Gasteiger charge is 2.21. The Hall–Kier alpha value is -1.05. The highest BCUT2D eigenvalue weighted by molar-refractivity contribution is 5.26. The zero-order valence-corrected chi connectivity index (χ0v) is 11.2. The van der Waals surface area contributed by atoms with E-state index in [0.29, 0.717) is 0 Å². The van der Waals surface area contributed by atoms with Crippen LogP contribution in [0.5, 0.6) is 5.88 Å². The highest BCUT2D eigenvalue weighted by atomic mass is 16.5. The summed E-state index contributed by atoms with van der Waals surface area (Å²) in [5.41, 5.74) is 1.51. The Labute approximate surface area is 104 Å². The summed E-state index contributed by atoms with van der Waals surface area (Å²) in [5, 5.41) is 0. The summed E-state index contributed by atoms with van der Waals surface area (Å²) >= 11 is 0. The fraction of sp³-hybridized carbons (Fsp3) is 0.667. The van der Waals surface area contributed by atoms with Crippen LogP contribution in [0.1, 0.15) is 45.6 Å². The van der Waals surface area contributed by atoms with Crippen LogP contribution in [0.15, 0.2) is 18.3 Å². The van der Waals surface area contributed by atoms with Gasteiger partial charge in [0, 0.05) is 11.8 Å². The monoisotopic (exact) mass is 233 g/mol. The van der Waals surface area contributed by atoms with Gasteiger partial charge < -0.3 is 4.74 Å². The van der Waals surface area contributed by atoms with Crippen LogP contribution in [0, 0.1) is 11.3 Å². The lowest BCUT2D eigenvalue weighted by Gasteiger charge is -2.19. The molecule has 1 heterocycles. The standard InChI is InChI=1S/C15H23NO/c1-15(2,3)11-13-5-4-9-16-14(13)17-10-8-12-6-7-12/h4-5,9,12H,6-8,10-11H2,1-3H3. The predicted molar refractivity (Wildman–Crippen MR) is 70.2 cm³/mol. The molecule has 94 valence electrons. The Morgan fingerprint density at radius 1 is 1.35 bits per heavy atom. The van der Waals surface area contributed by atoms with Crippen LogP contribution in [0.4, 0.5) is 0 Å². The molecule has 0 radical (unpaired) electrons. The van der Waals surface area contributed by atoms with Crippen LogP contribution in [0.25, 0.3) is 0 Å². The molecule has 17 heavy (non-hydrogen) atoms. The van der Waals surface area contributed by atoms with Gasteiger partial charge in [-0.05, 0) is 30.2 Å². The molecular formula is C15H23NO. The summed E-state index contributed by atoms with van der Waals surface area (Å²) in [7, 11) is 0. The van der Waals surface area contributed by atoms with Gasteiger partial charge >= 0.3 is 0 Å². The maximum Gasteiger partial charge on any atom is 0.216 e. The summed E-state index contributed by atoms with van der Waals surface area (Å²) in [4.78, 5) is 4.36. The third-order valence-electron chi connectivity index (χ3n) is 3.03. The molecule has 0 spiro atoms. The van der Waals surface area contributed by atoms with E-state index in [2.05, 4.69) is 31.8 Å². The number of aromatic nitrogens is 1. The fourth-order valence-electron chi connectivity index (χ4n) is 1.99. The van der Waals surface area contributed by atoms with E-state index in [1.807, 2.05) is 12.3 Å². The molecule has 2 heteroatoms. The van der Waals surface area contributed by atoms with Crippen molar-refractivity contribution in [3.63, 3.8) is 0 Å². The maximum atomic E-state index is 5.82. The molecule has 0 N–H and O–H groups in total. The van der Waals surface area contributed by atoms with Crippen LogP contribution in [-0.4, -0.2) is 11.6 Å². The number of ether oxygens (including phenoxy) is 1. The van der Waals surface area contributed by atoms with Crippen molar-refractivity contribution >= 4 is 0 Å². The molecule has 0 saturated heterocycles. The van der Waals surface area contributed by atoms with Gasteiger partial charge in [-0.3, -0.25) is 0 Å². The molecule has 2 rings (SSSR count). The SMILES string of the molecule is CC(C)(C)Cc1cccnc1OCCC1CC1. The second kappa shape index (κ2) is 5.07. The number of hydrogen-bond donors (Lipinski definition) is 0. The van der Waals surface area contributed by atoms with E-state index in [9.17, 15) is 0 Å². The summed E-state index contributed by atoms with van der Waals surface area (Å²) in [6, 6.07) is 4.12. The molecule has 0 unspecified atom stereocenters. The van der Waals surface area contributed by atoms with Gasteiger partial charge in [0.05, 0.1) is 6.61 Å². The van der Waals surface area contributed by atoms with Gasteiger partial charge in [0.25, 0.3) is 0 Å². The van der Waals surface area contributed by atoms with Crippen molar-refractivity contribution in [1.82, 2.24) is 4.98 Å². The van der Waals surface area contributed by atoms with E-state index >= 15 is 0 Å². The van der Waals surface area contributed by atoms with E-state index < -0.39 is 0 Å². The van der Waals surface area contributed by atoms with Crippen molar-refractivity contribution < 1.29 is 4.74 Å². The van der Waals surface area contributed by atoms with E-state index in [4.69, 9.17) is 4.74 Å². The van der Waals surface area contributed by atoms with Crippen LogP contribution in [-0.2, 0) is 6.42 Å². The number of hydrogen-bond acceptors (Lipinski definition) is 2. The van der Waals surface area contributed by atoms with Crippen molar-refractivity contribution in [3.05, 3.63) is 23.9 Å². The van der Waals surface area contributed by atoms with Gasteiger partial charge in [0.1, 0.15) is 0 Å². The minimum atomic E-state index is 0.275. The van der Waals surface area contributed by atoms with Crippen molar-refractivity contribution in [2.75, 3.05) is 6.61 Å². The van der Waals surface area contributed by atoms with Crippen LogP contribution in [0.3, 0.4) is 0 Å². The second-order valence-corrected chi connectivity index (χ2v) is 6.29. The van der Waals surface area contributed by atoms with Gasteiger partial charge in [0.2, 0.25) is 5.88 Å². The van der Waals surface area contributed by atoms with Crippen molar-refractivity contribution in [1.29, 1.82) is 0 Å². The molecule has 0 aliphatic heterocycles. The topological polar surface area (TPSA) is 22.1 Å². The Bertz CT molecular complexity index is 363. The van der Waals surface area contributed by atoms with Gasteiger partial charge in [-0.1, -0.05) is 39.7 Å². The lowest BCUT2D eigenvalue weighted by atomic mass is 9.88. The van der Waals surface area contributed by atoms with E-state index in [-0.39, 0.29) is 5.41 Å². The normalized spacial score (nSPS) is 15.9. The van der Waals surface area contributed by atoms with Crippen molar-refractivity contribution in [2.45, 2.75) is 46.5 Å². The molecule has 1 aliphatic rings. The minimum Gasteiger partial charge on any atom is -0.477 e. The molecule has 1 fully saturated rings. The summed E-state index contributed by atoms with van der Waals surface area (Å²) in [6.07, 6.45) is 6.80. The highest BCUT2D eigenvalue weighted by Crippen LogP contribution is 2.32. The molecule has 0 aromatic carbocycles. The molecule has 2 nitrogen and oxygen atoms in total. The first-order valence-electron chi connectivity index (χ1n) is 6.61. The first kappa shape index (κ1) is 12.4. The zero-order valence-electron chi connectivity index (χ0n) is 11.2. The minimum absolute atomic E-state index is 0.275. The Morgan fingerprint density at radius 2 is 2.12 bits per heavy atom. The summed E-state index contributed by atoms with van der Waals surface area (Å²) < 4.78 is 5.82. The van der Waals surface area contributed by atoms with Gasteiger partial charge in [-0.2, -0.15) is 0 Å². The molecule has 0 amide bonds. The summed E-state index contributed by atoms with van der Waals surface area (Å²) in [5.74, 6) is 1.76. The van der Waals surface area contributed by atoms with Gasteiger partial charge in [-0.25, -0.2) is 4.98 Å². The molecule has 0 bridgehead atoms. The summed E-state index contributed by atoms with van der Waals surface area (Å²) in [6.45, 7) is 7.55. The lowest BCUT2D eigenvalue weighted by molar-refractivity contribution is 0.283. The Balaban J connectivity index is 1.94. The number of rotatable bonds is 5. The third kappa shape index (κ3) is 4.37. The average Bonchev–Trinajstić information content (AvgIpc) is 3.02. The van der Waals surface area contributed by atoms with Crippen molar-refractivity contribution in [2.24, 2.45) is 11.3 Å². The molecule has 1 aromatic rings. The first-order chi connectivity index (χ1) is 8.04. The number of pyridine rings is 1. The van der Waals surface area contributed by atoms with Crippen LogP contribution < -0.4 is 4.74 Å². The third-order valence-corrected chi connectivity index (χ3v) is 3.03. The molecule has 1 aliphatic carbocycles. The number of nitrogens with zero attached hydrogens (tertiary/aromatic N) is 1. The second-order valence-electron chi connectivity index (χ2n) is 6.29. The smallest absolute Gasteiger partial charge is 0.216 e. The van der Waals surface area contributed by atoms with Gasteiger partial charge in [0.15, 0.2) is 0 Å². The van der Waals surface area contributed by atoms with E-state index in [1.54, 1.807) is 0 Å². The molecule has 1 aromatic heterocycles. The van der Waals surface area contributed by atoms with Gasteiger partial charge in [-0.15, -0.1) is 0 Å². The molecule has 0 atom stereocenters. The Morgan fingerprint density at radius 3 is 2.76 bits per heavy atom. The van der Waals surface area contributed by atoms with E-state index in [1.165, 1.54) is 24.8 Å². The average molecular weight is 233 g/mol. The molecule has 1 saturated carbocycles. The van der Waals surface area contributed by atoms with Crippen LogP contribution >= 0.6 is 0 Å². The maximum absolute atomic E-state index is 5.82. The lowest BCUT2D eigenvalue weighted by Crippen LogP contribution is -2.11. The van der Waals surface area contributed by atoms with Crippen LogP contribution in [0.2, 0.25) is 0 Å². The quantitative estimate of drug-likeness (QED) is 0.770. The predicted octanol–water partition coefficient (Wildman–Crippen LogP) is 3.85. The first-order valence-corrected chi connectivity index (χ1v) is 6.61. The van der Waals surface area contributed by atoms with Crippen molar-refractivity contribution in [3.8, 4) is 5.88 Å². The fourth-order valence-corrected chi connectivity index (χ4v) is 1.99. The zero-order chi connectivity index (χ0) is 12.3. The molecular weight excluding hydrogens is 210 g/mol. The largest absolute Gasteiger partial charge is 0.477 e. The Kier molecular flexibility index (Phi) is 3.70. The van der Waals surface area contributed by atoms with E-state index in [0.717, 1.165) is 24.8 Å².